The van der Waals surface area contributed by atoms with Crippen LogP contribution in [0, 0.1) is 0 Å². The minimum Gasteiger partial charge on any atom is -0.388 e. The molecule has 1 aromatic carbocycles. The van der Waals surface area contributed by atoms with Gasteiger partial charge in [-0.25, -0.2) is 9.97 Å². The summed E-state index contributed by atoms with van der Waals surface area (Å²) in [4.78, 5) is 38.9. The van der Waals surface area contributed by atoms with Crippen LogP contribution in [0.15, 0.2) is 36.2 Å². The third-order valence-electron chi connectivity index (χ3n) is 6.10. The molecule has 0 unspecified atom stereocenters. The summed E-state index contributed by atoms with van der Waals surface area (Å²) in [5.41, 5.74) is 3.72. The van der Waals surface area contributed by atoms with E-state index in [1.54, 1.807) is 18.5 Å². The summed E-state index contributed by atoms with van der Waals surface area (Å²) in [6, 6.07) is 5.79. The first-order valence-electron chi connectivity index (χ1n) is 11.1. The molecular formula is C24H30N6O2. The Hall–Kier alpha value is -3.10. The second-order valence-electron chi connectivity index (χ2n) is 8.37. The quantitative estimate of drug-likeness (QED) is 0.604. The van der Waals surface area contributed by atoms with E-state index < -0.39 is 0 Å². The molecule has 168 valence electrons. The maximum Gasteiger partial charge on any atom is 0.222 e. The maximum absolute atomic E-state index is 12.8. The lowest BCUT2D eigenvalue weighted by Crippen LogP contribution is -2.45. The van der Waals surface area contributed by atoms with E-state index in [4.69, 9.17) is 0 Å². The summed E-state index contributed by atoms with van der Waals surface area (Å²) in [7, 11) is 3.98. The van der Waals surface area contributed by atoms with Crippen LogP contribution in [0.3, 0.4) is 0 Å². The lowest BCUT2D eigenvalue weighted by atomic mass is 9.87. The number of hydrogen-bond donors (Lipinski definition) is 2. The number of rotatable bonds is 8. The number of likely N-dealkylation sites (N-methyl/N-ethyl adjacent to an activating group) is 1. The van der Waals surface area contributed by atoms with Crippen LogP contribution < -0.4 is 10.6 Å². The van der Waals surface area contributed by atoms with E-state index in [0.717, 1.165) is 56.1 Å². The summed E-state index contributed by atoms with van der Waals surface area (Å²) >= 11 is 0. The highest BCUT2D eigenvalue weighted by molar-refractivity contribution is 6.25. The van der Waals surface area contributed by atoms with E-state index in [0.29, 0.717) is 11.5 Å². The average molecular weight is 435 g/mol. The van der Waals surface area contributed by atoms with Crippen molar-refractivity contribution >= 4 is 29.3 Å². The number of nitrogens with zero attached hydrogens (tertiary/aromatic N) is 4. The predicted molar refractivity (Wildman–Crippen MR) is 126 cm³/mol. The third kappa shape index (κ3) is 5.20. The van der Waals surface area contributed by atoms with Gasteiger partial charge in [0.25, 0.3) is 0 Å². The normalized spacial score (nSPS) is 16.9. The summed E-state index contributed by atoms with van der Waals surface area (Å²) in [5.74, 6) is 0.208. The number of fused-ring (bicyclic) bond motifs is 1. The van der Waals surface area contributed by atoms with Gasteiger partial charge in [-0.15, -0.1) is 0 Å². The SMILES string of the molecule is CNc1cccc2c1CC(=O)C(C(=O)Cc1cnc(NCCN3CCN(C)CC3)nc1)=C2. The van der Waals surface area contributed by atoms with E-state index in [9.17, 15) is 9.59 Å². The van der Waals surface area contributed by atoms with Crippen LogP contribution in [-0.2, 0) is 22.4 Å². The second kappa shape index (κ2) is 10.0. The highest BCUT2D eigenvalue weighted by atomic mass is 16.1. The molecule has 1 saturated heterocycles. The fraction of sp³-hybridized carbons (Fsp3) is 0.417. The van der Waals surface area contributed by atoms with Gasteiger partial charge in [0, 0.05) is 77.2 Å². The Bertz CT molecular complexity index is 1010. The van der Waals surface area contributed by atoms with Crippen molar-refractivity contribution in [2.45, 2.75) is 12.8 Å². The number of benzene rings is 1. The van der Waals surface area contributed by atoms with Gasteiger partial charge in [0.1, 0.15) is 0 Å². The zero-order valence-corrected chi connectivity index (χ0v) is 18.7. The van der Waals surface area contributed by atoms with Crippen molar-refractivity contribution in [3.63, 3.8) is 0 Å². The molecule has 2 aromatic rings. The maximum atomic E-state index is 12.8. The average Bonchev–Trinajstić information content (AvgIpc) is 2.80. The van der Waals surface area contributed by atoms with Gasteiger partial charge in [0.15, 0.2) is 11.6 Å². The molecule has 2 heterocycles. The summed E-state index contributed by atoms with van der Waals surface area (Å²) in [5, 5.41) is 6.35. The molecule has 1 aliphatic carbocycles. The number of Topliss-reactive ketones (excluding diaryl/α,β-unsaturated/α-hetero) is 2. The molecule has 2 aliphatic rings. The van der Waals surface area contributed by atoms with Gasteiger partial charge in [0.2, 0.25) is 5.95 Å². The van der Waals surface area contributed by atoms with Crippen LogP contribution in [0.25, 0.3) is 6.08 Å². The molecule has 0 bridgehead atoms. The molecular weight excluding hydrogens is 404 g/mol. The lowest BCUT2D eigenvalue weighted by molar-refractivity contribution is -0.120. The minimum atomic E-state index is -0.199. The molecule has 32 heavy (non-hydrogen) atoms. The van der Waals surface area contributed by atoms with E-state index in [1.165, 1.54) is 0 Å². The number of anilines is 2. The van der Waals surface area contributed by atoms with E-state index in [1.807, 2.05) is 25.2 Å². The van der Waals surface area contributed by atoms with Crippen LogP contribution in [0.1, 0.15) is 16.7 Å². The number of hydrogen-bond acceptors (Lipinski definition) is 8. The molecule has 2 N–H and O–H groups in total. The molecule has 0 saturated carbocycles. The van der Waals surface area contributed by atoms with Gasteiger partial charge in [-0.05, 0) is 35.9 Å². The molecule has 4 rings (SSSR count). The number of aromatic nitrogens is 2. The van der Waals surface area contributed by atoms with Crippen molar-refractivity contribution in [3.05, 3.63) is 52.9 Å². The van der Waals surface area contributed by atoms with E-state index in [-0.39, 0.29) is 30.0 Å². The van der Waals surface area contributed by atoms with Crippen molar-refractivity contribution in [2.24, 2.45) is 0 Å². The molecule has 1 fully saturated rings. The highest BCUT2D eigenvalue weighted by Gasteiger charge is 2.25. The van der Waals surface area contributed by atoms with Crippen molar-refractivity contribution in [1.29, 1.82) is 0 Å². The number of carbonyl (C=O) groups excluding carboxylic acids is 2. The van der Waals surface area contributed by atoms with Crippen molar-refractivity contribution in [3.8, 4) is 0 Å². The smallest absolute Gasteiger partial charge is 0.222 e. The number of allylic oxidation sites excluding steroid dienone is 1. The van der Waals surface area contributed by atoms with Crippen molar-refractivity contribution < 1.29 is 9.59 Å². The third-order valence-corrected chi connectivity index (χ3v) is 6.10. The number of nitrogens with one attached hydrogen (secondary N) is 2. The van der Waals surface area contributed by atoms with Crippen molar-refractivity contribution in [1.82, 2.24) is 19.8 Å². The van der Waals surface area contributed by atoms with Crippen LogP contribution in [-0.4, -0.2) is 84.7 Å². The van der Waals surface area contributed by atoms with Gasteiger partial charge in [-0.1, -0.05) is 12.1 Å². The second-order valence-corrected chi connectivity index (χ2v) is 8.37. The number of piperazine rings is 1. The molecule has 0 spiro atoms. The lowest BCUT2D eigenvalue weighted by Gasteiger charge is -2.32. The molecule has 8 heteroatoms. The van der Waals surface area contributed by atoms with Crippen LogP contribution >= 0.6 is 0 Å². The van der Waals surface area contributed by atoms with Gasteiger partial charge in [-0.3, -0.25) is 14.5 Å². The number of ketones is 2. The Morgan fingerprint density at radius 2 is 1.88 bits per heavy atom. The number of carbonyl (C=O) groups is 2. The Morgan fingerprint density at radius 3 is 2.59 bits per heavy atom. The Balaban J connectivity index is 1.32. The first-order valence-corrected chi connectivity index (χ1v) is 11.1. The Morgan fingerprint density at radius 1 is 1.12 bits per heavy atom. The highest BCUT2D eigenvalue weighted by Crippen LogP contribution is 2.28. The minimum absolute atomic E-state index is 0.111. The van der Waals surface area contributed by atoms with Gasteiger partial charge >= 0.3 is 0 Å². The predicted octanol–water partition coefficient (Wildman–Crippen LogP) is 1.50. The summed E-state index contributed by atoms with van der Waals surface area (Å²) in [6.07, 6.45) is 5.37. The molecule has 0 radical (unpaired) electrons. The van der Waals surface area contributed by atoms with Gasteiger partial charge < -0.3 is 15.5 Å². The van der Waals surface area contributed by atoms with Crippen LogP contribution in [0.5, 0.6) is 0 Å². The molecule has 8 nitrogen and oxygen atoms in total. The van der Waals surface area contributed by atoms with Gasteiger partial charge in [0.05, 0.1) is 5.57 Å². The van der Waals surface area contributed by atoms with Crippen molar-refractivity contribution in [2.75, 3.05) is 64.0 Å². The molecule has 0 atom stereocenters. The molecule has 1 aliphatic heterocycles. The van der Waals surface area contributed by atoms with E-state index >= 15 is 0 Å². The fourth-order valence-electron chi connectivity index (χ4n) is 4.11. The molecule has 0 amide bonds. The van der Waals surface area contributed by atoms with Crippen LogP contribution in [0.4, 0.5) is 11.6 Å². The summed E-state index contributed by atoms with van der Waals surface area (Å²) < 4.78 is 0. The van der Waals surface area contributed by atoms with Gasteiger partial charge in [-0.2, -0.15) is 0 Å². The largest absolute Gasteiger partial charge is 0.388 e. The zero-order chi connectivity index (χ0) is 22.5. The standard InChI is InChI=1S/C24H30N6O2/c1-25-21-5-3-4-18-13-20(23(32)14-19(18)21)22(31)12-17-15-27-24(28-16-17)26-6-7-30-10-8-29(2)9-11-30/h3-5,13,15-16,25H,6-12,14H2,1-2H3,(H,26,27,28). The van der Waals surface area contributed by atoms with Crippen LogP contribution in [0.2, 0.25) is 0 Å². The summed E-state index contributed by atoms with van der Waals surface area (Å²) in [6.45, 7) is 6.08. The monoisotopic (exact) mass is 434 g/mol. The fourth-order valence-corrected chi connectivity index (χ4v) is 4.11. The topological polar surface area (TPSA) is 90.5 Å². The van der Waals surface area contributed by atoms with E-state index in [2.05, 4.69) is 37.4 Å². The first kappa shape index (κ1) is 22.1. The molecule has 1 aromatic heterocycles. The first-order chi connectivity index (χ1) is 15.5. The zero-order valence-electron chi connectivity index (χ0n) is 18.7. The Kier molecular flexibility index (Phi) is 6.92. The Labute approximate surface area is 188 Å².